The maximum atomic E-state index is 11.4. The molecule has 1 heterocycles. The van der Waals surface area contributed by atoms with Crippen LogP contribution in [-0.4, -0.2) is 15.3 Å². The molecule has 1 aromatic heterocycles. The maximum absolute atomic E-state index is 11.4. The Morgan fingerprint density at radius 1 is 1.11 bits per heavy atom. The van der Waals surface area contributed by atoms with Crippen molar-refractivity contribution in [2.75, 3.05) is 0 Å². The van der Waals surface area contributed by atoms with Gasteiger partial charge in [0, 0.05) is 14.8 Å². The molecule has 6 heteroatoms. The molecule has 0 saturated heterocycles. The van der Waals surface area contributed by atoms with Crippen molar-refractivity contribution in [3.63, 3.8) is 0 Å². The predicted molar refractivity (Wildman–Crippen MR) is 83.1 cm³/mol. The van der Waals surface area contributed by atoms with E-state index in [9.17, 15) is 4.21 Å². The van der Waals surface area contributed by atoms with Crippen molar-refractivity contribution in [1.82, 2.24) is 0 Å². The van der Waals surface area contributed by atoms with Gasteiger partial charge in [-0.05, 0) is 11.5 Å². The summed E-state index contributed by atoms with van der Waals surface area (Å²) in [5.74, 6) is 0. The summed E-state index contributed by atoms with van der Waals surface area (Å²) in [5.41, 5.74) is 0.911. The van der Waals surface area contributed by atoms with Gasteiger partial charge in [-0.15, -0.1) is 11.3 Å². The van der Waals surface area contributed by atoms with E-state index in [0.29, 0.717) is 11.1 Å². The van der Waals surface area contributed by atoms with Crippen molar-refractivity contribution >= 4 is 64.3 Å². The molecular formula is C12H8BO2S3. The van der Waals surface area contributed by atoms with Crippen LogP contribution in [0.5, 0.6) is 0 Å². The van der Waals surface area contributed by atoms with E-state index >= 15 is 0 Å². The average molecular weight is 291 g/mol. The smallest absolute Gasteiger partial charge is 0.294 e. The van der Waals surface area contributed by atoms with Gasteiger partial charge in [0.2, 0.25) is 0 Å². The molecule has 2 nitrogen and oxygen atoms in total. The summed E-state index contributed by atoms with van der Waals surface area (Å²) in [4.78, 5) is 0. The Kier molecular flexibility index (Phi) is 3.43. The summed E-state index contributed by atoms with van der Waals surface area (Å²) in [6.45, 7) is 1.59. The summed E-state index contributed by atoms with van der Waals surface area (Å²) in [6.07, 6.45) is 0. The molecule has 0 amide bonds. The Hall–Kier alpha value is -0.815. The number of fused-ring (bicyclic) bond motifs is 3. The van der Waals surface area contributed by atoms with Crippen LogP contribution >= 0.6 is 22.4 Å². The van der Waals surface area contributed by atoms with Crippen LogP contribution in [0, 0.1) is 0 Å². The Bertz CT molecular complexity index is 738. The molecule has 1 radical (unpaired) electrons. The molecule has 0 aliphatic carbocycles. The van der Waals surface area contributed by atoms with Gasteiger partial charge in [0.15, 0.2) is 0 Å². The highest BCUT2D eigenvalue weighted by Gasteiger charge is 2.12. The van der Waals surface area contributed by atoms with Crippen LogP contribution in [0.1, 0.15) is 0 Å². The van der Waals surface area contributed by atoms with Gasteiger partial charge in [-0.25, -0.2) is 0 Å². The first-order valence-electron chi connectivity index (χ1n) is 5.27. The zero-order valence-corrected chi connectivity index (χ0v) is 11.6. The van der Waals surface area contributed by atoms with E-state index in [1.54, 1.807) is 17.9 Å². The van der Waals surface area contributed by atoms with Crippen molar-refractivity contribution in [3.05, 3.63) is 42.5 Å². The molecule has 0 fully saturated rings. The lowest BCUT2D eigenvalue weighted by atomic mass is 9.93. The van der Waals surface area contributed by atoms with Crippen molar-refractivity contribution in [3.8, 4) is 0 Å². The zero-order valence-electron chi connectivity index (χ0n) is 9.20. The largest absolute Gasteiger partial charge is 0.320 e. The number of hydrogen-bond acceptors (Lipinski definition) is 4. The summed E-state index contributed by atoms with van der Waals surface area (Å²) >= 11 is 2.04. The van der Waals surface area contributed by atoms with Crippen molar-refractivity contribution in [2.45, 2.75) is 0 Å². The SMILES string of the molecule is O=S([B]c1cccc2c1sc1ccccc12)SO. The molecule has 3 aromatic rings. The quantitative estimate of drug-likeness (QED) is 0.457. The molecule has 3 rings (SSSR count). The lowest BCUT2D eigenvalue weighted by Crippen LogP contribution is -2.17. The molecule has 89 valence electrons. The fraction of sp³-hybridized carbons (Fsp3) is 0. The minimum atomic E-state index is -1.40. The summed E-state index contributed by atoms with van der Waals surface area (Å²) in [6, 6.07) is 14.2. The van der Waals surface area contributed by atoms with Gasteiger partial charge in [0.05, 0.1) is 20.8 Å². The molecular weight excluding hydrogens is 283 g/mol. The lowest BCUT2D eigenvalue weighted by molar-refractivity contribution is 0.667. The third kappa shape index (κ3) is 2.10. The third-order valence-corrected chi connectivity index (χ3v) is 5.29. The number of rotatable bonds is 3. The monoisotopic (exact) mass is 291 g/mol. The van der Waals surface area contributed by atoms with Crippen LogP contribution < -0.4 is 5.46 Å². The van der Waals surface area contributed by atoms with E-state index in [1.165, 1.54) is 15.5 Å². The van der Waals surface area contributed by atoms with E-state index in [4.69, 9.17) is 4.55 Å². The van der Waals surface area contributed by atoms with Crippen LogP contribution in [0.25, 0.3) is 20.2 Å². The Labute approximate surface area is 115 Å². The van der Waals surface area contributed by atoms with Crippen LogP contribution in [0.2, 0.25) is 0 Å². The third-order valence-electron chi connectivity index (χ3n) is 2.73. The standard InChI is InChI=1S/C12H8BO2S3/c14-17-18(15)13-10-6-3-5-9-8-4-1-2-7-11(8)16-12(9)10/h1-7,14H. The van der Waals surface area contributed by atoms with E-state index < -0.39 is 9.68 Å². The van der Waals surface area contributed by atoms with Crippen molar-refractivity contribution < 1.29 is 8.76 Å². The first kappa shape index (κ1) is 12.2. The predicted octanol–water partition coefficient (Wildman–Crippen LogP) is 3.17. The summed E-state index contributed by atoms with van der Waals surface area (Å²) in [7, 11) is -1.40. The summed E-state index contributed by atoms with van der Waals surface area (Å²) < 4.78 is 22.5. The van der Waals surface area contributed by atoms with Crippen LogP contribution in [0.15, 0.2) is 42.5 Å². The van der Waals surface area contributed by atoms with Gasteiger partial charge in [-0.1, -0.05) is 41.9 Å². The second-order valence-electron chi connectivity index (χ2n) is 3.78. The van der Waals surface area contributed by atoms with E-state index in [1.807, 2.05) is 24.3 Å². The molecule has 1 atom stereocenters. The molecule has 0 aliphatic heterocycles. The maximum Gasteiger partial charge on any atom is 0.294 e. The molecule has 0 saturated carbocycles. The van der Waals surface area contributed by atoms with Crippen molar-refractivity contribution in [1.29, 1.82) is 0 Å². The lowest BCUT2D eigenvalue weighted by Gasteiger charge is -1.99. The molecule has 2 aromatic carbocycles. The highest BCUT2D eigenvalue weighted by atomic mass is 33.1. The van der Waals surface area contributed by atoms with Crippen LogP contribution in [-0.2, 0) is 9.68 Å². The number of benzene rings is 2. The normalized spacial score (nSPS) is 12.9. The first-order valence-corrected chi connectivity index (χ1v) is 8.59. The average Bonchev–Trinajstić information content (AvgIpc) is 2.78. The van der Waals surface area contributed by atoms with Gasteiger partial charge in [0.25, 0.3) is 6.56 Å². The summed E-state index contributed by atoms with van der Waals surface area (Å²) in [5, 5.41) is 2.39. The molecule has 0 aliphatic rings. The van der Waals surface area contributed by atoms with E-state index in [0.717, 1.165) is 10.2 Å². The molecule has 0 spiro atoms. The fourth-order valence-corrected chi connectivity index (χ4v) is 4.14. The van der Waals surface area contributed by atoms with Gasteiger partial charge in [0.1, 0.15) is 0 Å². The van der Waals surface area contributed by atoms with Crippen LogP contribution in [0.4, 0.5) is 0 Å². The van der Waals surface area contributed by atoms with Gasteiger partial charge in [-0.3, -0.25) is 4.21 Å². The Morgan fingerprint density at radius 3 is 2.72 bits per heavy atom. The minimum Gasteiger partial charge on any atom is -0.320 e. The molecule has 1 unspecified atom stereocenters. The number of thiophene rings is 1. The van der Waals surface area contributed by atoms with Gasteiger partial charge in [-0.2, -0.15) is 0 Å². The van der Waals surface area contributed by atoms with Gasteiger partial charge >= 0.3 is 0 Å². The minimum absolute atomic E-state index is 0.356. The van der Waals surface area contributed by atoms with Crippen LogP contribution in [0.3, 0.4) is 0 Å². The Morgan fingerprint density at radius 2 is 1.89 bits per heavy atom. The van der Waals surface area contributed by atoms with Crippen molar-refractivity contribution in [2.24, 2.45) is 0 Å². The van der Waals surface area contributed by atoms with Gasteiger partial charge < -0.3 is 4.55 Å². The molecule has 0 bridgehead atoms. The highest BCUT2D eigenvalue weighted by molar-refractivity contribution is 8.75. The first-order chi connectivity index (χ1) is 8.79. The Balaban J connectivity index is 2.24. The number of hydrogen-bond donors (Lipinski definition) is 1. The topological polar surface area (TPSA) is 37.3 Å². The zero-order chi connectivity index (χ0) is 12.5. The second kappa shape index (κ2) is 5.05. The van der Waals surface area contributed by atoms with E-state index in [2.05, 4.69) is 18.2 Å². The molecule has 1 N–H and O–H groups in total. The second-order valence-corrected chi connectivity index (χ2v) is 7.17. The highest BCUT2D eigenvalue weighted by Crippen LogP contribution is 2.32. The fourth-order valence-electron chi connectivity index (χ4n) is 1.99. The molecule has 18 heavy (non-hydrogen) atoms. The van der Waals surface area contributed by atoms with E-state index in [-0.39, 0.29) is 0 Å².